The van der Waals surface area contributed by atoms with Gasteiger partial charge in [0.15, 0.2) is 0 Å². The third-order valence-corrected chi connectivity index (χ3v) is 6.93. The predicted octanol–water partition coefficient (Wildman–Crippen LogP) is 3.57. The number of aromatic nitrogens is 2. The Morgan fingerprint density at radius 2 is 1.80 bits per heavy atom. The van der Waals surface area contributed by atoms with E-state index in [1.807, 2.05) is 41.5 Å². The SMILES string of the molecule is Cc1nc(CNc2ccc(S(=O)(=O)N(C(C)C)C(C)C)cn2)c(C)s1. The van der Waals surface area contributed by atoms with Crippen LogP contribution in [0.25, 0.3) is 0 Å². The summed E-state index contributed by atoms with van der Waals surface area (Å²) in [7, 11) is -3.55. The molecule has 0 amide bonds. The van der Waals surface area contributed by atoms with Crippen LogP contribution in [0.1, 0.15) is 43.3 Å². The molecule has 8 heteroatoms. The van der Waals surface area contributed by atoms with Gasteiger partial charge in [0, 0.05) is 23.2 Å². The molecule has 0 aliphatic carbocycles. The van der Waals surface area contributed by atoms with Crippen LogP contribution in [0.4, 0.5) is 5.82 Å². The van der Waals surface area contributed by atoms with Gasteiger partial charge in [0.05, 0.1) is 17.2 Å². The molecule has 2 aromatic rings. The smallest absolute Gasteiger partial charge is 0.245 e. The van der Waals surface area contributed by atoms with Crippen molar-refractivity contribution in [1.82, 2.24) is 14.3 Å². The van der Waals surface area contributed by atoms with Crippen molar-refractivity contribution < 1.29 is 8.42 Å². The normalized spacial score (nSPS) is 12.4. The van der Waals surface area contributed by atoms with Gasteiger partial charge in [-0.2, -0.15) is 4.31 Å². The first kappa shape index (κ1) is 19.8. The molecule has 0 bridgehead atoms. The van der Waals surface area contributed by atoms with Gasteiger partial charge in [0.2, 0.25) is 10.0 Å². The maximum absolute atomic E-state index is 12.8. The Morgan fingerprint density at radius 3 is 2.24 bits per heavy atom. The molecule has 0 aliphatic heterocycles. The van der Waals surface area contributed by atoms with E-state index >= 15 is 0 Å². The number of rotatable bonds is 7. The van der Waals surface area contributed by atoms with Gasteiger partial charge in [-0.1, -0.05) is 0 Å². The minimum absolute atomic E-state index is 0.112. The summed E-state index contributed by atoms with van der Waals surface area (Å²) in [6, 6.07) is 3.07. The van der Waals surface area contributed by atoms with Crippen LogP contribution in [0.2, 0.25) is 0 Å². The minimum Gasteiger partial charge on any atom is -0.364 e. The van der Waals surface area contributed by atoms with Crippen LogP contribution in [-0.4, -0.2) is 34.8 Å². The van der Waals surface area contributed by atoms with Gasteiger partial charge in [-0.05, 0) is 53.7 Å². The van der Waals surface area contributed by atoms with E-state index in [1.165, 1.54) is 15.4 Å². The van der Waals surface area contributed by atoms with Crippen LogP contribution in [0, 0.1) is 13.8 Å². The molecular weight excluding hydrogens is 356 g/mol. The zero-order valence-electron chi connectivity index (χ0n) is 15.6. The topological polar surface area (TPSA) is 75.2 Å². The number of sulfonamides is 1. The molecule has 2 rings (SSSR count). The van der Waals surface area contributed by atoms with Crippen LogP contribution in [0.3, 0.4) is 0 Å². The largest absolute Gasteiger partial charge is 0.364 e. The first-order valence-corrected chi connectivity index (χ1v) is 10.5. The molecule has 138 valence electrons. The van der Waals surface area contributed by atoms with Crippen LogP contribution in [-0.2, 0) is 16.6 Å². The van der Waals surface area contributed by atoms with Gasteiger partial charge < -0.3 is 5.32 Å². The fourth-order valence-electron chi connectivity index (χ4n) is 2.82. The molecular formula is C17H26N4O2S2. The van der Waals surface area contributed by atoms with E-state index in [4.69, 9.17) is 0 Å². The Kier molecular flexibility index (Phi) is 6.18. The number of aryl methyl sites for hydroxylation is 2. The fourth-order valence-corrected chi connectivity index (χ4v) is 5.43. The Bertz CT molecular complexity index is 804. The van der Waals surface area contributed by atoms with E-state index in [9.17, 15) is 8.42 Å². The number of hydrogen-bond donors (Lipinski definition) is 1. The van der Waals surface area contributed by atoms with E-state index in [-0.39, 0.29) is 17.0 Å². The zero-order valence-corrected chi connectivity index (χ0v) is 17.2. The quantitative estimate of drug-likeness (QED) is 0.792. The van der Waals surface area contributed by atoms with Crippen molar-refractivity contribution in [3.63, 3.8) is 0 Å². The standard InChI is InChI=1S/C17H26N4O2S2/c1-11(2)21(12(3)4)25(22,23)15-7-8-17(18-9-15)19-10-16-13(5)24-14(6)20-16/h7-9,11-12H,10H2,1-6H3,(H,18,19). The lowest BCUT2D eigenvalue weighted by atomic mass is 10.3. The molecule has 2 heterocycles. The van der Waals surface area contributed by atoms with Crippen LogP contribution >= 0.6 is 11.3 Å². The zero-order chi connectivity index (χ0) is 18.8. The number of nitrogens with one attached hydrogen (secondary N) is 1. The lowest BCUT2D eigenvalue weighted by Gasteiger charge is -2.29. The molecule has 0 radical (unpaired) electrons. The monoisotopic (exact) mass is 382 g/mol. The summed E-state index contributed by atoms with van der Waals surface area (Å²) >= 11 is 1.66. The van der Waals surface area contributed by atoms with E-state index in [2.05, 4.69) is 15.3 Å². The molecule has 0 unspecified atom stereocenters. The molecule has 0 saturated carbocycles. The van der Waals surface area contributed by atoms with Crippen molar-refractivity contribution in [2.24, 2.45) is 0 Å². The average molecular weight is 383 g/mol. The summed E-state index contributed by atoms with van der Waals surface area (Å²) < 4.78 is 27.1. The van der Waals surface area contributed by atoms with Gasteiger partial charge in [0.25, 0.3) is 0 Å². The highest BCUT2D eigenvalue weighted by Gasteiger charge is 2.29. The molecule has 2 aromatic heterocycles. The average Bonchev–Trinajstić information content (AvgIpc) is 2.82. The Hall–Kier alpha value is -1.51. The van der Waals surface area contributed by atoms with Crippen LogP contribution < -0.4 is 5.32 Å². The van der Waals surface area contributed by atoms with Gasteiger partial charge in [-0.3, -0.25) is 0 Å². The Morgan fingerprint density at radius 1 is 1.16 bits per heavy atom. The number of pyridine rings is 1. The van der Waals surface area contributed by atoms with Crippen molar-refractivity contribution in [3.8, 4) is 0 Å². The molecule has 0 atom stereocenters. The number of nitrogens with zero attached hydrogens (tertiary/aromatic N) is 3. The van der Waals surface area contributed by atoms with Crippen molar-refractivity contribution in [2.75, 3.05) is 5.32 Å². The van der Waals surface area contributed by atoms with Crippen LogP contribution in [0.15, 0.2) is 23.2 Å². The number of hydrogen-bond acceptors (Lipinski definition) is 6. The van der Waals surface area contributed by atoms with Gasteiger partial charge >= 0.3 is 0 Å². The summed E-state index contributed by atoms with van der Waals surface area (Å²) in [6.45, 7) is 12.1. The summed E-state index contributed by atoms with van der Waals surface area (Å²) in [5.74, 6) is 0.629. The summed E-state index contributed by atoms with van der Waals surface area (Å²) in [6.07, 6.45) is 1.41. The molecule has 0 aliphatic rings. The van der Waals surface area contributed by atoms with Crippen LogP contribution in [0.5, 0.6) is 0 Å². The highest BCUT2D eigenvalue weighted by Crippen LogP contribution is 2.22. The highest BCUT2D eigenvalue weighted by molar-refractivity contribution is 7.89. The number of thiazole rings is 1. The second kappa shape index (κ2) is 7.80. The maximum atomic E-state index is 12.8. The summed E-state index contributed by atoms with van der Waals surface area (Å²) in [5.41, 5.74) is 0.992. The first-order chi connectivity index (χ1) is 11.6. The second-order valence-corrected chi connectivity index (χ2v) is 9.74. The third kappa shape index (κ3) is 4.56. The van der Waals surface area contributed by atoms with Crippen molar-refractivity contribution in [3.05, 3.63) is 33.9 Å². The lowest BCUT2D eigenvalue weighted by molar-refractivity contribution is 0.302. The molecule has 1 N–H and O–H groups in total. The Labute approximate surface area is 154 Å². The molecule has 0 spiro atoms. The molecule has 25 heavy (non-hydrogen) atoms. The molecule has 6 nitrogen and oxygen atoms in total. The van der Waals surface area contributed by atoms with E-state index in [0.29, 0.717) is 12.4 Å². The summed E-state index contributed by atoms with van der Waals surface area (Å²) in [4.78, 5) is 10.1. The van der Waals surface area contributed by atoms with Gasteiger partial charge in [-0.15, -0.1) is 11.3 Å². The van der Waals surface area contributed by atoms with Crippen molar-refractivity contribution in [1.29, 1.82) is 0 Å². The lowest BCUT2D eigenvalue weighted by Crippen LogP contribution is -2.41. The number of anilines is 1. The fraction of sp³-hybridized carbons (Fsp3) is 0.529. The van der Waals surface area contributed by atoms with Gasteiger partial charge in [-0.25, -0.2) is 18.4 Å². The minimum atomic E-state index is -3.55. The van der Waals surface area contributed by atoms with Crippen molar-refractivity contribution >= 4 is 27.2 Å². The van der Waals surface area contributed by atoms with E-state index in [0.717, 1.165) is 10.7 Å². The highest BCUT2D eigenvalue weighted by atomic mass is 32.2. The Balaban J connectivity index is 2.14. The van der Waals surface area contributed by atoms with Crippen molar-refractivity contribution in [2.45, 2.75) is 65.1 Å². The summed E-state index contributed by atoms with van der Waals surface area (Å²) in [5, 5.41) is 4.23. The van der Waals surface area contributed by atoms with Gasteiger partial charge in [0.1, 0.15) is 10.7 Å². The van der Waals surface area contributed by atoms with E-state index < -0.39 is 10.0 Å². The molecule has 0 fully saturated rings. The van der Waals surface area contributed by atoms with E-state index in [1.54, 1.807) is 23.5 Å². The third-order valence-electron chi connectivity index (χ3n) is 3.77. The molecule has 0 saturated heterocycles. The first-order valence-electron chi connectivity index (χ1n) is 8.29. The predicted molar refractivity (Wildman–Crippen MR) is 102 cm³/mol. The second-order valence-electron chi connectivity index (χ2n) is 6.49. The molecule has 0 aromatic carbocycles. The maximum Gasteiger partial charge on any atom is 0.245 e.